The van der Waals surface area contributed by atoms with Crippen LogP contribution < -0.4 is 0 Å². The van der Waals surface area contributed by atoms with Crippen LogP contribution in [0.1, 0.15) is 0 Å². The summed E-state index contributed by atoms with van der Waals surface area (Å²) < 4.78 is 31.0. The fourth-order valence-electron chi connectivity index (χ4n) is 2.16. The molecule has 0 aliphatic carbocycles. The van der Waals surface area contributed by atoms with Crippen LogP contribution >= 0.6 is 11.6 Å². The summed E-state index contributed by atoms with van der Waals surface area (Å²) in [5, 5.41) is 10.7. The van der Waals surface area contributed by atoms with Gasteiger partial charge in [0.05, 0.1) is 29.6 Å². The third kappa shape index (κ3) is 4.01. The van der Waals surface area contributed by atoms with Crippen molar-refractivity contribution in [2.75, 3.05) is 39.9 Å². The summed E-state index contributed by atoms with van der Waals surface area (Å²) in [6.45, 7) is 1.26. The molecule has 9 nitrogen and oxygen atoms in total. The lowest BCUT2D eigenvalue weighted by Gasteiger charge is -2.28. The maximum atomic E-state index is 12.5. The van der Waals surface area contributed by atoms with Crippen molar-refractivity contribution in [3.05, 3.63) is 33.3 Å². The zero-order chi connectivity index (χ0) is 17.9. The summed E-state index contributed by atoms with van der Waals surface area (Å²) >= 11 is 5.68. The van der Waals surface area contributed by atoms with E-state index in [2.05, 4.69) is 0 Å². The highest BCUT2D eigenvalue weighted by Gasteiger charge is 2.28. The molecule has 0 aromatic heterocycles. The van der Waals surface area contributed by atoms with Gasteiger partial charge < -0.3 is 9.64 Å². The molecule has 0 bridgehead atoms. The van der Waals surface area contributed by atoms with Gasteiger partial charge in [0.25, 0.3) is 5.69 Å². The van der Waals surface area contributed by atoms with Crippen LogP contribution in [0.3, 0.4) is 0 Å². The fraction of sp³-hybridized carbons (Fsp3) is 0.462. The molecule has 0 spiro atoms. The molecule has 11 heteroatoms. The quantitative estimate of drug-likeness (QED) is 0.552. The van der Waals surface area contributed by atoms with Crippen molar-refractivity contribution in [3.63, 3.8) is 0 Å². The Labute approximate surface area is 143 Å². The Morgan fingerprint density at radius 3 is 2.62 bits per heavy atom. The van der Waals surface area contributed by atoms with Crippen molar-refractivity contribution in [1.82, 2.24) is 9.21 Å². The Hall–Kier alpha value is -1.75. The topological polar surface area (TPSA) is 110 Å². The van der Waals surface area contributed by atoms with Crippen LogP contribution in [-0.4, -0.2) is 68.3 Å². The van der Waals surface area contributed by atoms with E-state index in [4.69, 9.17) is 16.3 Å². The fourth-order valence-corrected chi connectivity index (χ4v) is 3.49. The maximum Gasteiger partial charge on any atom is 0.289 e. The van der Waals surface area contributed by atoms with Gasteiger partial charge in [-0.3, -0.25) is 14.9 Å². The number of nitro groups is 1. The number of halogens is 1. The molecule has 0 radical (unpaired) electrons. The predicted octanol–water partition coefficient (Wildman–Crippen LogP) is 0.728. The van der Waals surface area contributed by atoms with Crippen molar-refractivity contribution < 1.29 is 22.9 Å². The first kappa shape index (κ1) is 18.6. The zero-order valence-corrected chi connectivity index (χ0v) is 14.4. The molecule has 1 aliphatic heterocycles. The molecule has 1 aliphatic rings. The van der Waals surface area contributed by atoms with Gasteiger partial charge in [0.2, 0.25) is 15.9 Å². The number of nitro benzene ring substituents is 1. The van der Waals surface area contributed by atoms with Crippen molar-refractivity contribution in [2.24, 2.45) is 0 Å². The number of nitrogens with zero attached hydrogens (tertiary/aromatic N) is 3. The van der Waals surface area contributed by atoms with Crippen LogP contribution in [0, 0.1) is 10.1 Å². The lowest BCUT2D eigenvalue weighted by Crippen LogP contribution is -2.46. The molecule has 1 fully saturated rings. The van der Waals surface area contributed by atoms with Crippen LogP contribution in [0.15, 0.2) is 23.1 Å². The minimum absolute atomic E-state index is 0.161. The van der Waals surface area contributed by atoms with Crippen molar-refractivity contribution in [1.29, 1.82) is 0 Å². The molecule has 0 atom stereocenters. The SMILES string of the molecule is CN(CC(=O)N1CCOCC1)S(=O)(=O)c1ccc(Cl)c([N+](=O)[O-])c1. The van der Waals surface area contributed by atoms with E-state index in [1.165, 1.54) is 18.0 Å². The third-order valence-corrected chi connectivity index (χ3v) is 5.66. The highest BCUT2D eigenvalue weighted by Crippen LogP contribution is 2.28. The van der Waals surface area contributed by atoms with E-state index in [-0.39, 0.29) is 22.4 Å². The Bertz CT molecular complexity index is 748. The number of hydrogen-bond donors (Lipinski definition) is 0. The van der Waals surface area contributed by atoms with E-state index >= 15 is 0 Å². The molecular formula is C13H16ClN3O6S. The molecule has 1 amide bonds. The molecule has 1 aromatic rings. The first-order chi connectivity index (χ1) is 11.2. The molecule has 1 saturated heterocycles. The second-order valence-electron chi connectivity index (χ2n) is 5.12. The third-order valence-electron chi connectivity index (χ3n) is 3.54. The first-order valence-corrected chi connectivity index (χ1v) is 8.81. The molecule has 132 valence electrons. The number of likely N-dealkylation sites (N-methyl/N-ethyl adjacent to an activating group) is 1. The van der Waals surface area contributed by atoms with Crippen LogP contribution in [0.2, 0.25) is 5.02 Å². The van der Waals surface area contributed by atoms with Gasteiger partial charge in [-0.1, -0.05) is 11.6 Å². The average molecular weight is 378 g/mol. The van der Waals surface area contributed by atoms with Gasteiger partial charge in [-0.2, -0.15) is 4.31 Å². The largest absolute Gasteiger partial charge is 0.378 e. The van der Waals surface area contributed by atoms with Crippen LogP contribution in [0.4, 0.5) is 5.69 Å². The van der Waals surface area contributed by atoms with Gasteiger partial charge in [0, 0.05) is 26.2 Å². The molecule has 2 rings (SSSR count). The van der Waals surface area contributed by atoms with Crippen LogP contribution in [0.5, 0.6) is 0 Å². The van der Waals surface area contributed by atoms with Crippen molar-refractivity contribution in [3.8, 4) is 0 Å². The van der Waals surface area contributed by atoms with E-state index < -0.39 is 20.6 Å². The molecule has 1 heterocycles. The molecule has 1 aromatic carbocycles. The Balaban J connectivity index is 2.18. The van der Waals surface area contributed by atoms with Gasteiger partial charge in [-0.25, -0.2) is 8.42 Å². The number of benzene rings is 1. The van der Waals surface area contributed by atoms with Gasteiger partial charge in [-0.15, -0.1) is 0 Å². The lowest BCUT2D eigenvalue weighted by molar-refractivity contribution is -0.384. The number of amides is 1. The maximum absolute atomic E-state index is 12.5. The first-order valence-electron chi connectivity index (χ1n) is 6.99. The van der Waals surface area contributed by atoms with E-state index in [0.29, 0.717) is 26.3 Å². The standard InChI is InChI=1S/C13H16ClN3O6S/c1-15(9-13(18)16-4-6-23-7-5-16)24(21,22)10-2-3-11(14)12(8-10)17(19)20/h2-3,8H,4-7,9H2,1H3. The van der Waals surface area contributed by atoms with E-state index in [9.17, 15) is 23.3 Å². The predicted molar refractivity (Wildman–Crippen MR) is 85.3 cm³/mol. The van der Waals surface area contributed by atoms with Crippen molar-refractivity contribution in [2.45, 2.75) is 4.90 Å². The Kier molecular flexibility index (Phi) is 5.75. The second-order valence-corrected chi connectivity index (χ2v) is 7.58. The molecular weight excluding hydrogens is 362 g/mol. The summed E-state index contributed by atoms with van der Waals surface area (Å²) in [5.74, 6) is -0.354. The number of ether oxygens (including phenoxy) is 1. The number of morpholine rings is 1. The number of sulfonamides is 1. The molecule has 0 unspecified atom stereocenters. The van der Waals surface area contributed by atoms with Crippen LogP contribution in [0.25, 0.3) is 0 Å². The van der Waals surface area contributed by atoms with Crippen molar-refractivity contribution >= 4 is 33.2 Å². The monoisotopic (exact) mass is 377 g/mol. The summed E-state index contributed by atoms with van der Waals surface area (Å²) in [6.07, 6.45) is 0. The number of carbonyl (C=O) groups is 1. The smallest absolute Gasteiger partial charge is 0.289 e. The molecule has 0 saturated carbocycles. The number of carbonyl (C=O) groups excluding carboxylic acids is 1. The minimum atomic E-state index is -4.05. The molecule has 24 heavy (non-hydrogen) atoms. The van der Waals surface area contributed by atoms with E-state index in [1.807, 2.05) is 0 Å². The van der Waals surface area contributed by atoms with E-state index in [1.54, 1.807) is 0 Å². The number of rotatable bonds is 5. The Morgan fingerprint density at radius 1 is 1.42 bits per heavy atom. The minimum Gasteiger partial charge on any atom is -0.378 e. The Morgan fingerprint density at radius 2 is 2.04 bits per heavy atom. The normalized spacial score (nSPS) is 15.5. The molecule has 0 N–H and O–H groups in total. The number of hydrogen-bond acceptors (Lipinski definition) is 6. The van der Waals surface area contributed by atoms with Gasteiger partial charge in [-0.05, 0) is 12.1 Å². The van der Waals surface area contributed by atoms with Gasteiger partial charge in [0.15, 0.2) is 0 Å². The van der Waals surface area contributed by atoms with Gasteiger partial charge in [0.1, 0.15) is 5.02 Å². The lowest BCUT2D eigenvalue weighted by atomic mass is 10.3. The summed E-state index contributed by atoms with van der Waals surface area (Å²) in [5.41, 5.74) is -0.509. The average Bonchev–Trinajstić information content (AvgIpc) is 2.55. The summed E-state index contributed by atoms with van der Waals surface area (Å²) in [4.78, 5) is 23.5. The van der Waals surface area contributed by atoms with Crippen LogP contribution in [-0.2, 0) is 19.6 Å². The summed E-state index contributed by atoms with van der Waals surface area (Å²) in [7, 11) is -2.81. The van der Waals surface area contributed by atoms with Gasteiger partial charge >= 0.3 is 0 Å². The summed E-state index contributed by atoms with van der Waals surface area (Å²) in [6, 6.07) is 3.19. The zero-order valence-electron chi connectivity index (χ0n) is 12.8. The van der Waals surface area contributed by atoms with E-state index in [0.717, 1.165) is 16.4 Å². The highest BCUT2D eigenvalue weighted by molar-refractivity contribution is 7.89. The second kappa shape index (κ2) is 7.43. The highest BCUT2D eigenvalue weighted by atomic mass is 35.5.